The Balaban J connectivity index is 2.78. The molecule has 0 fully saturated rings. The minimum atomic E-state index is -0.0228. The van der Waals surface area contributed by atoms with Crippen molar-refractivity contribution in [3.8, 4) is 0 Å². The second-order valence-electron chi connectivity index (χ2n) is 3.98. The van der Waals surface area contributed by atoms with Gasteiger partial charge in [0.2, 0.25) is 0 Å². The number of aromatic nitrogens is 2. The van der Waals surface area contributed by atoms with Crippen LogP contribution in [0.2, 0.25) is 0 Å². The third kappa shape index (κ3) is 3.36. The number of nitrogens with zero attached hydrogens (tertiary/aromatic N) is 2. The Morgan fingerprint density at radius 3 is 2.56 bits per heavy atom. The highest BCUT2D eigenvalue weighted by molar-refractivity contribution is 5.38. The van der Waals surface area contributed by atoms with Crippen LogP contribution in [-0.4, -0.2) is 16.3 Å². The predicted molar refractivity (Wildman–Crippen MR) is 66.7 cm³/mol. The lowest BCUT2D eigenvalue weighted by Gasteiger charge is -2.13. The Morgan fingerprint density at radius 2 is 2.06 bits per heavy atom. The molecule has 4 heteroatoms. The summed E-state index contributed by atoms with van der Waals surface area (Å²) < 4.78 is 1.55. The van der Waals surface area contributed by atoms with Gasteiger partial charge in [-0.05, 0) is 12.8 Å². The largest absolute Gasteiger partial charge is 0.384 e. The van der Waals surface area contributed by atoms with E-state index in [1.54, 1.807) is 16.9 Å². The molecule has 90 valence electrons. The second kappa shape index (κ2) is 6.30. The Hall–Kier alpha value is -1.32. The third-order valence-corrected chi connectivity index (χ3v) is 2.84. The maximum atomic E-state index is 11.7. The van der Waals surface area contributed by atoms with Gasteiger partial charge in [-0.25, -0.2) is 4.68 Å². The molecule has 1 aromatic rings. The molecule has 1 N–H and O–H groups in total. The first-order valence-electron chi connectivity index (χ1n) is 6.02. The number of rotatable bonds is 6. The normalized spacial score (nSPS) is 10.8. The highest BCUT2D eigenvalue weighted by Gasteiger charge is 2.06. The van der Waals surface area contributed by atoms with Crippen LogP contribution in [0.25, 0.3) is 0 Å². The monoisotopic (exact) mass is 223 g/mol. The van der Waals surface area contributed by atoms with E-state index < -0.39 is 0 Å². The van der Waals surface area contributed by atoms with Crippen molar-refractivity contribution in [3.63, 3.8) is 0 Å². The minimum Gasteiger partial charge on any atom is -0.384 e. The van der Waals surface area contributed by atoms with Gasteiger partial charge in [0.05, 0.1) is 11.9 Å². The molecule has 0 unspecified atom stereocenters. The summed E-state index contributed by atoms with van der Waals surface area (Å²) in [6, 6.07) is 1.61. The van der Waals surface area contributed by atoms with Crippen LogP contribution in [0.1, 0.15) is 33.6 Å². The van der Waals surface area contributed by atoms with Gasteiger partial charge in [0.25, 0.3) is 5.56 Å². The van der Waals surface area contributed by atoms with E-state index in [1.165, 1.54) is 0 Å². The number of hydrogen-bond donors (Lipinski definition) is 1. The smallest absolute Gasteiger partial charge is 0.268 e. The fraction of sp³-hybridized carbons (Fsp3) is 0.667. The zero-order valence-electron chi connectivity index (χ0n) is 10.4. The topological polar surface area (TPSA) is 46.9 Å². The summed E-state index contributed by atoms with van der Waals surface area (Å²) in [7, 11) is 0. The first-order chi connectivity index (χ1) is 7.71. The fourth-order valence-electron chi connectivity index (χ4n) is 1.66. The summed E-state index contributed by atoms with van der Waals surface area (Å²) in [6.07, 6.45) is 3.88. The Labute approximate surface area is 96.7 Å². The SMILES string of the molecule is CCNc1cnn(CC(CC)CC)c(=O)c1. The molecule has 0 spiro atoms. The molecule has 1 aromatic heterocycles. The molecular weight excluding hydrogens is 202 g/mol. The standard InChI is InChI=1S/C12H21N3O/c1-4-10(5-2)9-15-12(16)7-11(8-14-15)13-6-3/h7-8,10,13H,4-6,9H2,1-3H3. The van der Waals surface area contributed by atoms with Crippen molar-refractivity contribution in [2.24, 2.45) is 5.92 Å². The van der Waals surface area contributed by atoms with E-state index in [0.717, 1.165) is 31.6 Å². The molecule has 1 rings (SSSR count). The molecule has 0 aromatic carbocycles. The maximum Gasteiger partial charge on any atom is 0.268 e. The number of hydrogen-bond acceptors (Lipinski definition) is 3. The van der Waals surface area contributed by atoms with Crippen LogP contribution in [0.15, 0.2) is 17.1 Å². The van der Waals surface area contributed by atoms with Gasteiger partial charge < -0.3 is 5.32 Å². The number of nitrogens with one attached hydrogen (secondary N) is 1. The van der Waals surface area contributed by atoms with E-state index in [4.69, 9.17) is 0 Å². The van der Waals surface area contributed by atoms with Gasteiger partial charge in [0.1, 0.15) is 0 Å². The molecule has 4 nitrogen and oxygen atoms in total. The molecule has 0 saturated heterocycles. The highest BCUT2D eigenvalue weighted by atomic mass is 16.1. The minimum absolute atomic E-state index is 0.0228. The van der Waals surface area contributed by atoms with Crippen LogP contribution in [0.3, 0.4) is 0 Å². The van der Waals surface area contributed by atoms with E-state index in [1.807, 2.05) is 6.92 Å². The Kier molecular flexibility index (Phi) is 5.02. The quantitative estimate of drug-likeness (QED) is 0.803. The summed E-state index contributed by atoms with van der Waals surface area (Å²) in [6.45, 7) is 7.81. The van der Waals surface area contributed by atoms with E-state index in [2.05, 4.69) is 24.3 Å². The van der Waals surface area contributed by atoms with E-state index in [0.29, 0.717) is 5.92 Å². The van der Waals surface area contributed by atoms with Crippen molar-refractivity contribution in [1.82, 2.24) is 9.78 Å². The van der Waals surface area contributed by atoms with Gasteiger partial charge in [-0.15, -0.1) is 0 Å². The van der Waals surface area contributed by atoms with Crippen molar-refractivity contribution in [3.05, 3.63) is 22.6 Å². The van der Waals surface area contributed by atoms with Gasteiger partial charge in [-0.2, -0.15) is 5.10 Å². The van der Waals surface area contributed by atoms with Gasteiger partial charge in [-0.3, -0.25) is 4.79 Å². The lowest BCUT2D eigenvalue weighted by molar-refractivity contribution is 0.385. The van der Waals surface area contributed by atoms with Crippen LogP contribution < -0.4 is 10.9 Å². The van der Waals surface area contributed by atoms with Gasteiger partial charge in [-0.1, -0.05) is 26.7 Å². The third-order valence-electron chi connectivity index (χ3n) is 2.84. The summed E-state index contributed by atoms with van der Waals surface area (Å²) in [5.74, 6) is 0.537. The van der Waals surface area contributed by atoms with Crippen molar-refractivity contribution in [2.75, 3.05) is 11.9 Å². The van der Waals surface area contributed by atoms with Crippen molar-refractivity contribution in [1.29, 1.82) is 0 Å². The van der Waals surface area contributed by atoms with E-state index in [-0.39, 0.29) is 5.56 Å². The molecular formula is C12H21N3O. The summed E-state index contributed by atoms with van der Waals surface area (Å²) in [5.41, 5.74) is 0.777. The molecule has 0 bridgehead atoms. The molecule has 1 heterocycles. The zero-order chi connectivity index (χ0) is 12.0. The zero-order valence-corrected chi connectivity index (χ0v) is 10.4. The average Bonchev–Trinajstić information content (AvgIpc) is 2.29. The van der Waals surface area contributed by atoms with Crippen LogP contribution in [0.4, 0.5) is 5.69 Å². The average molecular weight is 223 g/mol. The number of anilines is 1. The fourth-order valence-corrected chi connectivity index (χ4v) is 1.66. The van der Waals surface area contributed by atoms with Gasteiger partial charge in [0.15, 0.2) is 0 Å². The molecule has 0 aliphatic heterocycles. The van der Waals surface area contributed by atoms with Crippen LogP contribution in [0.5, 0.6) is 0 Å². The van der Waals surface area contributed by atoms with Crippen molar-refractivity contribution in [2.45, 2.75) is 40.2 Å². The molecule has 0 saturated carbocycles. The molecule has 0 aliphatic carbocycles. The highest BCUT2D eigenvalue weighted by Crippen LogP contribution is 2.09. The molecule has 16 heavy (non-hydrogen) atoms. The van der Waals surface area contributed by atoms with Crippen LogP contribution >= 0.6 is 0 Å². The summed E-state index contributed by atoms with van der Waals surface area (Å²) >= 11 is 0. The lowest BCUT2D eigenvalue weighted by atomic mass is 10.0. The summed E-state index contributed by atoms with van der Waals surface area (Å²) in [4.78, 5) is 11.7. The first-order valence-corrected chi connectivity index (χ1v) is 6.02. The summed E-state index contributed by atoms with van der Waals surface area (Å²) in [5, 5.41) is 7.26. The van der Waals surface area contributed by atoms with Gasteiger partial charge in [0, 0.05) is 19.2 Å². The van der Waals surface area contributed by atoms with Crippen molar-refractivity contribution >= 4 is 5.69 Å². The first kappa shape index (κ1) is 12.7. The van der Waals surface area contributed by atoms with Crippen LogP contribution in [-0.2, 0) is 6.54 Å². The molecule has 0 atom stereocenters. The van der Waals surface area contributed by atoms with E-state index in [9.17, 15) is 4.79 Å². The predicted octanol–water partition coefficient (Wildman–Crippen LogP) is 2.11. The second-order valence-corrected chi connectivity index (χ2v) is 3.98. The van der Waals surface area contributed by atoms with Gasteiger partial charge >= 0.3 is 0 Å². The Bertz CT molecular complexity index is 369. The molecule has 0 amide bonds. The lowest BCUT2D eigenvalue weighted by Crippen LogP contribution is -2.26. The van der Waals surface area contributed by atoms with Crippen molar-refractivity contribution < 1.29 is 0 Å². The van der Waals surface area contributed by atoms with E-state index >= 15 is 0 Å². The maximum absolute atomic E-state index is 11.7. The Morgan fingerprint density at radius 1 is 1.38 bits per heavy atom. The molecule has 0 radical (unpaired) electrons. The molecule has 0 aliphatic rings. The van der Waals surface area contributed by atoms with Crippen LogP contribution in [0, 0.1) is 5.92 Å².